The molecule has 1 aromatic heterocycles. The van der Waals surface area contributed by atoms with E-state index in [0.29, 0.717) is 5.76 Å². The Morgan fingerprint density at radius 2 is 1.64 bits per heavy atom. The number of piperidine rings is 1. The number of fused-ring (bicyclic) bond motifs is 1. The molecule has 1 saturated heterocycles. The van der Waals surface area contributed by atoms with E-state index in [1.54, 1.807) is 0 Å². The molecule has 1 aliphatic heterocycles. The number of nitrogens with zero attached hydrogens (tertiary/aromatic N) is 2. The number of hydrogen-bond donors (Lipinski definition) is 1. The summed E-state index contributed by atoms with van der Waals surface area (Å²) in [5.74, 6) is 0.517. The maximum Gasteiger partial charge on any atom is 0.290 e. The van der Waals surface area contributed by atoms with Crippen LogP contribution in [0, 0.1) is 6.92 Å². The molecule has 1 fully saturated rings. The number of furan rings is 1. The second-order valence-electron chi connectivity index (χ2n) is 9.84. The molecule has 1 atom stereocenters. The van der Waals surface area contributed by atoms with Gasteiger partial charge in [0.25, 0.3) is 11.8 Å². The maximum absolute atomic E-state index is 13.4. The Bertz CT molecular complexity index is 1220. The van der Waals surface area contributed by atoms with Gasteiger partial charge in [-0.2, -0.15) is 5.10 Å². The Hall–Kier alpha value is -3.67. The van der Waals surface area contributed by atoms with Crippen LogP contribution in [-0.2, 0) is 11.2 Å². The number of carbonyl (C=O) groups is 2. The van der Waals surface area contributed by atoms with Crippen LogP contribution in [0.25, 0.3) is 0 Å². The Kier molecular flexibility index (Phi) is 7.03. The molecule has 1 unspecified atom stereocenters. The fraction of sp³-hybridized carbons (Fsp3) is 0.367. The zero-order chi connectivity index (χ0) is 25.1. The topological polar surface area (TPSA) is 74.9 Å². The number of benzene rings is 2. The van der Waals surface area contributed by atoms with Crippen LogP contribution in [0.5, 0.6) is 0 Å². The average molecular weight is 484 g/mol. The number of carbonyl (C=O) groups excluding carboxylic acids is 2. The van der Waals surface area contributed by atoms with Gasteiger partial charge in [-0.25, -0.2) is 5.43 Å². The number of nitrogens with one attached hydrogen (secondary N) is 1. The van der Waals surface area contributed by atoms with Crippen molar-refractivity contribution >= 4 is 17.5 Å². The summed E-state index contributed by atoms with van der Waals surface area (Å²) in [5.41, 5.74) is 7.14. The average Bonchev–Trinajstić information content (AvgIpc) is 3.26. The van der Waals surface area contributed by atoms with Crippen LogP contribution < -0.4 is 5.43 Å². The zero-order valence-electron chi connectivity index (χ0n) is 21.0. The lowest BCUT2D eigenvalue weighted by Crippen LogP contribution is -2.42. The van der Waals surface area contributed by atoms with Gasteiger partial charge in [-0.1, -0.05) is 60.7 Å². The minimum atomic E-state index is -0.469. The quantitative estimate of drug-likeness (QED) is 0.481. The van der Waals surface area contributed by atoms with Gasteiger partial charge in [0.1, 0.15) is 5.76 Å². The molecular weight excluding hydrogens is 450 g/mol. The van der Waals surface area contributed by atoms with Gasteiger partial charge in [-0.3, -0.25) is 9.59 Å². The Morgan fingerprint density at radius 3 is 2.28 bits per heavy atom. The molecule has 1 aliphatic carbocycles. The van der Waals surface area contributed by atoms with E-state index >= 15 is 0 Å². The highest BCUT2D eigenvalue weighted by Gasteiger charge is 2.33. The Labute approximate surface area is 212 Å². The van der Waals surface area contributed by atoms with Crippen molar-refractivity contribution in [2.24, 2.45) is 5.10 Å². The van der Waals surface area contributed by atoms with Crippen molar-refractivity contribution in [3.05, 3.63) is 94.4 Å². The van der Waals surface area contributed by atoms with Crippen LogP contribution in [0.1, 0.15) is 83.5 Å². The van der Waals surface area contributed by atoms with Gasteiger partial charge < -0.3 is 9.32 Å². The van der Waals surface area contributed by atoms with Crippen LogP contribution in [0.15, 0.2) is 70.2 Å². The van der Waals surface area contributed by atoms with Crippen LogP contribution >= 0.6 is 0 Å². The molecule has 5 rings (SSSR count). The Morgan fingerprint density at radius 1 is 0.972 bits per heavy atom. The largest absolute Gasteiger partial charge is 0.455 e. The molecule has 186 valence electrons. The minimum Gasteiger partial charge on any atom is -0.455 e. The van der Waals surface area contributed by atoms with Gasteiger partial charge in [-0.05, 0) is 57.1 Å². The summed E-state index contributed by atoms with van der Waals surface area (Å²) in [7, 11) is 0. The van der Waals surface area contributed by atoms with Crippen LogP contribution in [0.3, 0.4) is 0 Å². The fourth-order valence-corrected chi connectivity index (χ4v) is 5.49. The van der Waals surface area contributed by atoms with Crippen molar-refractivity contribution in [3.63, 3.8) is 0 Å². The lowest BCUT2D eigenvalue weighted by molar-refractivity contribution is -0.121. The summed E-state index contributed by atoms with van der Waals surface area (Å²) in [6.45, 7) is 4.80. The molecule has 2 amide bonds. The van der Waals surface area contributed by atoms with Crippen LogP contribution in [-0.4, -0.2) is 35.0 Å². The van der Waals surface area contributed by atoms with E-state index in [-0.39, 0.29) is 17.9 Å². The summed E-state index contributed by atoms with van der Waals surface area (Å²) in [6.07, 6.45) is 5.56. The minimum absolute atomic E-state index is 0.0364. The highest BCUT2D eigenvalue weighted by Crippen LogP contribution is 2.32. The molecule has 2 aliphatic rings. The molecule has 2 aromatic carbocycles. The molecule has 1 N–H and O–H groups in total. The third kappa shape index (κ3) is 4.72. The second-order valence-corrected chi connectivity index (χ2v) is 9.84. The lowest BCUT2D eigenvalue weighted by Gasteiger charge is -2.32. The first-order chi connectivity index (χ1) is 17.5. The standard InChI is InChI=1S/C30H33N3O3/c1-20-12-9-10-19-33(20)30(35)28-21(2)26-24(17-11-18-25(26)36-28)31-32-29(34)27(22-13-5-3-6-14-22)23-15-7-4-8-16-23/h3-8,13-16,20,27H,9-12,17-19H2,1-2H3,(H,32,34)/b31-24+. The van der Waals surface area contributed by atoms with E-state index in [9.17, 15) is 9.59 Å². The van der Waals surface area contributed by atoms with Gasteiger partial charge in [0, 0.05) is 30.1 Å². The first-order valence-corrected chi connectivity index (χ1v) is 12.9. The molecule has 0 radical (unpaired) electrons. The van der Waals surface area contributed by atoms with E-state index < -0.39 is 5.92 Å². The maximum atomic E-state index is 13.4. The van der Waals surface area contributed by atoms with Gasteiger partial charge in [0.2, 0.25) is 0 Å². The number of aryl methyl sites for hydroxylation is 1. The number of rotatable bonds is 5. The van der Waals surface area contributed by atoms with E-state index in [1.807, 2.05) is 72.5 Å². The lowest BCUT2D eigenvalue weighted by atomic mass is 9.90. The fourth-order valence-electron chi connectivity index (χ4n) is 5.49. The zero-order valence-corrected chi connectivity index (χ0v) is 21.0. The van der Waals surface area contributed by atoms with Crippen LogP contribution in [0.4, 0.5) is 0 Å². The third-order valence-electron chi connectivity index (χ3n) is 7.41. The molecule has 0 saturated carbocycles. The first kappa shape index (κ1) is 24.0. The van der Waals surface area contributed by atoms with Gasteiger partial charge in [0.15, 0.2) is 5.76 Å². The monoisotopic (exact) mass is 483 g/mol. The van der Waals surface area contributed by atoms with Gasteiger partial charge >= 0.3 is 0 Å². The van der Waals surface area contributed by atoms with Crippen molar-refractivity contribution in [2.45, 2.75) is 64.3 Å². The SMILES string of the molecule is Cc1c(C(=O)N2CCCCC2C)oc2c1/C(=N/NC(=O)C(c1ccccc1)c1ccccc1)CCC2. The van der Waals surface area contributed by atoms with Crippen LogP contribution in [0.2, 0.25) is 0 Å². The van der Waals surface area contributed by atoms with Gasteiger partial charge in [0.05, 0.1) is 11.6 Å². The molecule has 36 heavy (non-hydrogen) atoms. The van der Waals surface area contributed by atoms with E-state index in [1.165, 1.54) is 0 Å². The summed E-state index contributed by atoms with van der Waals surface area (Å²) < 4.78 is 6.14. The number of hydrazone groups is 1. The van der Waals surface area contributed by atoms with Crippen molar-refractivity contribution in [1.29, 1.82) is 0 Å². The highest BCUT2D eigenvalue weighted by molar-refractivity contribution is 6.07. The normalized spacial score (nSPS) is 18.8. The third-order valence-corrected chi connectivity index (χ3v) is 7.41. The van der Waals surface area contributed by atoms with Crippen molar-refractivity contribution in [2.75, 3.05) is 6.54 Å². The highest BCUT2D eigenvalue weighted by atomic mass is 16.4. The molecule has 6 heteroatoms. The van der Waals surface area contributed by atoms with E-state index in [0.717, 1.165) is 78.8 Å². The van der Waals surface area contributed by atoms with Crippen molar-refractivity contribution < 1.29 is 14.0 Å². The van der Waals surface area contributed by atoms with Crippen molar-refractivity contribution in [1.82, 2.24) is 10.3 Å². The molecule has 0 bridgehead atoms. The van der Waals surface area contributed by atoms with Gasteiger partial charge in [-0.15, -0.1) is 0 Å². The molecule has 0 spiro atoms. The van der Waals surface area contributed by atoms with Crippen molar-refractivity contribution in [3.8, 4) is 0 Å². The summed E-state index contributed by atoms with van der Waals surface area (Å²) in [4.78, 5) is 28.7. The Balaban J connectivity index is 1.42. The number of amides is 2. The number of likely N-dealkylation sites (tertiary alicyclic amines) is 1. The first-order valence-electron chi connectivity index (χ1n) is 12.9. The molecule has 2 heterocycles. The van der Waals surface area contributed by atoms with E-state index in [4.69, 9.17) is 4.42 Å². The predicted molar refractivity (Wildman–Crippen MR) is 140 cm³/mol. The molecule has 6 nitrogen and oxygen atoms in total. The van der Waals surface area contributed by atoms with E-state index in [2.05, 4.69) is 17.5 Å². The summed E-state index contributed by atoms with van der Waals surface area (Å²) in [6, 6.07) is 19.7. The molecular formula is C30H33N3O3. The second kappa shape index (κ2) is 10.5. The smallest absolute Gasteiger partial charge is 0.290 e. The number of hydrogen-bond acceptors (Lipinski definition) is 4. The predicted octanol–water partition coefficient (Wildman–Crippen LogP) is 5.59. The summed E-state index contributed by atoms with van der Waals surface area (Å²) >= 11 is 0. The summed E-state index contributed by atoms with van der Waals surface area (Å²) in [5, 5.41) is 4.59. The molecule has 3 aromatic rings.